The maximum Gasteiger partial charge on any atom is 0.144 e. The minimum Gasteiger partial charge on any atom is -0.506 e. The SMILES string of the molecule is Oc1c(Cl)cc(Cl)cc1C1=NCCS1. The molecule has 1 aromatic rings. The maximum absolute atomic E-state index is 9.70. The third kappa shape index (κ3) is 1.85. The number of hydrogen-bond donors (Lipinski definition) is 1. The molecule has 0 fully saturated rings. The average Bonchev–Trinajstić information content (AvgIpc) is 2.63. The fourth-order valence-electron chi connectivity index (χ4n) is 1.23. The molecule has 0 saturated heterocycles. The molecule has 0 radical (unpaired) electrons. The fraction of sp³-hybridized carbons (Fsp3) is 0.222. The van der Waals surface area contributed by atoms with Crippen LogP contribution in [0.4, 0.5) is 0 Å². The van der Waals surface area contributed by atoms with Crippen LogP contribution in [0.15, 0.2) is 17.1 Å². The molecule has 74 valence electrons. The first-order valence-corrected chi connectivity index (χ1v) is 5.78. The zero-order valence-corrected chi connectivity index (χ0v) is 9.46. The number of thioether (sulfide) groups is 1. The summed E-state index contributed by atoms with van der Waals surface area (Å²) in [5.74, 6) is 1.00. The molecule has 0 spiro atoms. The maximum atomic E-state index is 9.70. The third-order valence-corrected chi connectivity index (χ3v) is 3.36. The van der Waals surface area contributed by atoms with Crippen molar-refractivity contribution in [2.75, 3.05) is 12.3 Å². The second-order valence-electron chi connectivity index (χ2n) is 2.82. The summed E-state index contributed by atoms with van der Waals surface area (Å²) in [6, 6.07) is 3.20. The molecule has 1 aliphatic rings. The topological polar surface area (TPSA) is 32.6 Å². The quantitative estimate of drug-likeness (QED) is 0.827. The van der Waals surface area contributed by atoms with Crippen LogP contribution < -0.4 is 0 Å². The highest BCUT2D eigenvalue weighted by atomic mass is 35.5. The Morgan fingerprint density at radius 2 is 2.14 bits per heavy atom. The zero-order valence-electron chi connectivity index (χ0n) is 7.13. The molecule has 2 nitrogen and oxygen atoms in total. The summed E-state index contributed by atoms with van der Waals surface area (Å²) in [5.41, 5.74) is 0.630. The number of aliphatic imine (C=N–C) groups is 1. The van der Waals surface area contributed by atoms with E-state index in [4.69, 9.17) is 23.2 Å². The number of halogens is 2. The number of hydrogen-bond acceptors (Lipinski definition) is 3. The summed E-state index contributed by atoms with van der Waals surface area (Å²) in [5, 5.41) is 11.3. The van der Waals surface area contributed by atoms with Crippen molar-refractivity contribution in [3.05, 3.63) is 27.7 Å². The first-order chi connectivity index (χ1) is 6.68. The minimum atomic E-state index is 0.0595. The summed E-state index contributed by atoms with van der Waals surface area (Å²) >= 11 is 13.2. The van der Waals surface area contributed by atoms with Crippen LogP contribution in [0.25, 0.3) is 0 Å². The lowest BCUT2D eigenvalue weighted by Gasteiger charge is -2.05. The lowest BCUT2D eigenvalue weighted by Crippen LogP contribution is -1.93. The monoisotopic (exact) mass is 247 g/mol. The van der Waals surface area contributed by atoms with Crippen LogP contribution >= 0.6 is 35.0 Å². The highest BCUT2D eigenvalue weighted by Crippen LogP contribution is 2.34. The zero-order chi connectivity index (χ0) is 10.1. The molecule has 1 aromatic carbocycles. The van der Waals surface area contributed by atoms with E-state index >= 15 is 0 Å². The van der Waals surface area contributed by atoms with Gasteiger partial charge in [-0.3, -0.25) is 4.99 Å². The summed E-state index contributed by atoms with van der Waals surface area (Å²) in [4.78, 5) is 4.25. The van der Waals surface area contributed by atoms with E-state index in [1.807, 2.05) is 0 Å². The molecule has 0 unspecified atom stereocenters. The highest BCUT2D eigenvalue weighted by molar-refractivity contribution is 8.14. The number of nitrogens with zero attached hydrogens (tertiary/aromatic N) is 1. The number of benzene rings is 1. The van der Waals surface area contributed by atoms with Gasteiger partial charge in [-0.05, 0) is 12.1 Å². The summed E-state index contributed by atoms with van der Waals surface area (Å²) < 4.78 is 0. The molecule has 0 aliphatic carbocycles. The van der Waals surface area contributed by atoms with E-state index in [-0.39, 0.29) is 10.8 Å². The molecule has 0 amide bonds. The van der Waals surface area contributed by atoms with Crippen LogP contribution in [0.3, 0.4) is 0 Å². The van der Waals surface area contributed by atoms with Gasteiger partial charge in [-0.2, -0.15) is 0 Å². The van der Waals surface area contributed by atoms with Crippen LogP contribution in [-0.4, -0.2) is 22.4 Å². The minimum absolute atomic E-state index is 0.0595. The Balaban J connectivity index is 2.51. The molecular weight excluding hydrogens is 241 g/mol. The van der Waals surface area contributed by atoms with E-state index in [2.05, 4.69) is 4.99 Å². The smallest absolute Gasteiger partial charge is 0.144 e. The summed E-state index contributed by atoms with van der Waals surface area (Å²) in [6.45, 7) is 0.781. The molecule has 1 N–H and O–H groups in total. The fourth-order valence-corrected chi connectivity index (χ4v) is 2.59. The van der Waals surface area contributed by atoms with Gasteiger partial charge in [0.05, 0.1) is 10.6 Å². The van der Waals surface area contributed by atoms with E-state index in [1.54, 1.807) is 17.8 Å². The van der Waals surface area contributed by atoms with Crippen molar-refractivity contribution in [3.63, 3.8) is 0 Å². The number of phenolic OH excluding ortho intramolecular Hbond substituents is 1. The predicted molar refractivity (Wildman–Crippen MR) is 62.0 cm³/mol. The van der Waals surface area contributed by atoms with Gasteiger partial charge in [-0.25, -0.2) is 0 Å². The van der Waals surface area contributed by atoms with Crippen LogP contribution in [-0.2, 0) is 0 Å². The first-order valence-electron chi connectivity index (χ1n) is 4.04. The molecule has 2 rings (SSSR count). The van der Waals surface area contributed by atoms with Gasteiger partial charge in [-0.1, -0.05) is 23.2 Å². The van der Waals surface area contributed by atoms with E-state index in [9.17, 15) is 5.11 Å². The Morgan fingerprint density at radius 1 is 1.36 bits per heavy atom. The highest BCUT2D eigenvalue weighted by Gasteiger charge is 2.16. The van der Waals surface area contributed by atoms with Crippen molar-refractivity contribution in [1.82, 2.24) is 0 Å². The Kier molecular flexibility index (Phi) is 2.91. The van der Waals surface area contributed by atoms with Gasteiger partial charge in [0.1, 0.15) is 10.8 Å². The third-order valence-electron chi connectivity index (χ3n) is 1.84. The normalized spacial score (nSPS) is 15.7. The van der Waals surface area contributed by atoms with E-state index < -0.39 is 0 Å². The van der Waals surface area contributed by atoms with Gasteiger partial charge < -0.3 is 5.11 Å². The molecule has 5 heteroatoms. The Hall–Kier alpha value is -0.380. The molecule has 0 aromatic heterocycles. The lowest BCUT2D eigenvalue weighted by molar-refractivity contribution is 0.474. The van der Waals surface area contributed by atoms with Crippen LogP contribution in [0, 0.1) is 0 Å². The van der Waals surface area contributed by atoms with E-state index in [0.717, 1.165) is 17.3 Å². The van der Waals surface area contributed by atoms with E-state index in [0.29, 0.717) is 10.6 Å². The van der Waals surface area contributed by atoms with Gasteiger partial charge in [0, 0.05) is 17.3 Å². The number of phenols is 1. The van der Waals surface area contributed by atoms with Crippen LogP contribution in [0.1, 0.15) is 5.56 Å². The first kappa shape index (κ1) is 10.1. The molecule has 14 heavy (non-hydrogen) atoms. The average molecular weight is 248 g/mol. The second-order valence-corrected chi connectivity index (χ2v) is 4.75. The van der Waals surface area contributed by atoms with Crippen molar-refractivity contribution >= 4 is 40.0 Å². The molecule has 0 bridgehead atoms. The Morgan fingerprint density at radius 3 is 2.79 bits per heavy atom. The molecular formula is C9H7Cl2NOS. The summed E-state index contributed by atoms with van der Waals surface area (Å²) in [6.07, 6.45) is 0. The van der Waals surface area contributed by atoms with Gasteiger partial charge in [-0.15, -0.1) is 11.8 Å². The largest absolute Gasteiger partial charge is 0.506 e. The van der Waals surface area contributed by atoms with Gasteiger partial charge in [0.25, 0.3) is 0 Å². The second kappa shape index (κ2) is 4.01. The van der Waals surface area contributed by atoms with Crippen LogP contribution in [0.5, 0.6) is 5.75 Å². The lowest BCUT2D eigenvalue weighted by atomic mass is 10.2. The number of rotatable bonds is 1. The Labute approximate surface area is 95.9 Å². The van der Waals surface area contributed by atoms with Crippen LogP contribution in [0.2, 0.25) is 10.0 Å². The van der Waals surface area contributed by atoms with Crippen molar-refractivity contribution < 1.29 is 5.11 Å². The number of aromatic hydroxyl groups is 1. The van der Waals surface area contributed by atoms with Crippen molar-refractivity contribution in [1.29, 1.82) is 0 Å². The van der Waals surface area contributed by atoms with Gasteiger partial charge in [0.2, 0.25) is 0 Å². The standard InChI is InChI=1S/C9H7Cl2NOS/c10-5-3-6(8(13)7(11)4-5)9-12-1-2-14-9/h3-4,13H,1-2H2. The molecule has 0 atom stereocenters. The van der Waals surface area contributed by atoms with Gasteiger partial charge in [0.15, 0.2) is 0 Å². The predicted octanol–water partition coefficient (Wildman–Crippen LogP) is 3.19. The van der Waals surface area contributed by atoms with Crippen molar-refractivity contribution in [2.45, 2.75) is 0 Å². The molecule has 1 heterocycles. The van der Waals surface area contributed by atoms with Gasteiger partial charge >= 0.3 is 0 Å². The summed E-state index contributed by atoms with van der Waals surface area (Å²) in [7, 11) is 0. The molecule has 1 aliphatic heterocycles. The van der Waals surface area contributed by atoms with Crippen molar-refractivity contribution in [2.24, 2.45) is 4.99 Å². The Bertz CT molecular complexity index is 406. The molecule has 0 saturated carbocycles. The van der Waals surface area contributed by atoms with Crippen molar-refractivity contribution in [3.8, 4) is 5.75 Å². The van der Waals surface area contributed by atoms with E-state index in [1.165, 1.54) is 6.07 Å².